The molecule has 2 heterocycles. The number of aromatic nitrogens is 3. The van der Waals surface area contributed by atoms with Gasteiger partial charge in [-0.25, -0.2) is 9.67 Å². The summed E-state index contributed by atoms with van der Waals surface area (Å²) in [7, 11) is 1.64. The van der Waals surface area contributed by atoms with Crippen molar-refractivity contribution in [1.29, 1.82) is 0 Å². The van der Waals surface area contributed by atoms with Crippen LogP contribution in [0.4, 0.5) is 5.69 Å². The van der Waals surface area contributed by atoms with Gasteiger partial charge in [0.2, 0.25) is 5.91 Å². The van der Waals surface area contributed by atoms with Crippen LogP contribution < -0.4 is 15.2 Å². The summed E-state index contributed by atoms with van der Waals surface area (Å²) < 4.78 is 12.6. The van der Waals surface area contributed by atoms with Gasteiger partial charge in [-0.15, -0.1) is 0 Å². The van der Waals surface area contributed by atoms with E-state index in [9.17, 15) is 9.59 Å². The fraction of sp³-hybridized carbons (Fsp3) is 0.214. The van der Waals surface area contributed by atoms with E-state index in [0.717, 1.165) is 5.56 Å². The first kappa shape index (κ1) is 24.5. The fourth-order valence-electron chi connectivity index (χ4n) is 4.18. The Balaban J connectivity index is 1.57. The van der Waals surface area contributed by atoms with Crippen molar-refractivity contribution in [1.82, 2.24) is 14.8 Å². The molecule has 0 N–H and O–H groups in total. The van der Waals surface area contributed by atoms with E-state index < -0.39 is 5.56 Å². The van der Waals surface area contributed by atoms with E-state index >= 15 is 0 Å². The Morgan fingerprint density at radius 2 is 1.92 bits per heavy atom. The molecule has 9 heteroatoms. The van der Waals surface area contributed by atoms with Gasteiger partial charge in [0.1, 0.15) is 17.8 Å². The summed E-state index contributed by atoms with van der Waals surface area (Å²) in [6, 6.07) is 17.9. The molecule has 0 aliphatic rings. The zero-order chi connectivity index (χ0) is 26.3. The lowest BCUT2D eigenvalue weighted by Crippen LogP contribution is -2.35. The van der Waals surface area contributed by atoms with Crippen LogP contribution in [0.15, 0.2) is 69.9 Å². The quantitative estimate of drug-likeness (QED) is 0.291. The highest BCUT2D eigenvalue weighted by Gasteiger charge is 2.19. The number of nitrogens with zero attached hydrogens (tertiary/aromatic N) is 4. The molecule has 0 saturated carbocycles. The second-order valence-corrected chi connectivity index (χ2v) is 9.47. The number of anilines is 1. The number of aryl methyl sites for hydroxylation is 1. The van der Waals surface area contributed by atoms with Crippen LogP contribution in [0.25, 0.3) is 33.1 Å². The molecule has 0 unspecified atom stereocenters. The van der Waals surface area contributed by atoms with Crippen molar-refractivity contribution in [3.8, 4) is 17.0 Å². The minimum absolute atomic E-state index is 0.0605. The monoisotopic (exact) mass is 516 g/mol. The molecular formula is C28H25ClN4O4. The van der Waals surface area contributed by atoms with Crippen molar-refractivity contribution < 1.29 is 13.9 Å². The minimum atomic E-state index is -0.391. The number of carbonyl (C=O) groups is 1. The first-order chi connectivity index (χ1) is 17.7. The third kappa shape index (κ3) is 4.93. The Morgan fingerprint density at radius 1 is 1.11 bits per heavy atom. The molecule has 3 aromatic carbocycles. The van der Waals surface area contributed by atoms with Crippen molar-refractivity contribution in [2.24, 2.45) is 0 Å². The fourth-order valence-corrected chi connectivity index (χ4v) is 4.37. The molecule has 0 saturated heterocycles. The number of carbonyl (C=O) groups excluding carboxylic acids is 1. The maximum absolute atomic E-state index is 13.5. The van der Waals surface area contributed by atoms with E-state index in [1.165, 1.54) is 9.58 Å². The predicted molar refractivity (Wildman–Crippen MR) is 144 cm³/mol. The molecule has 5 aromatic rings. The molecule has 0 spiro atoms. The number of amides is 1. The van der Waals surface area contributed by atoms with Crippen LogP contribution in [0.1, 0.15) is 19.7 Å². The number of halogens is 1. The van der Waals surface area contributed by atoms with Gasteiger partial charge in [0.25, 0.3) is 5.56 Å². The number of likely N-dealkylation sites (N-methyl/N-ethyl adjacent to an activating group) is 1. The molecule has 37 heavy (non-hydrogen) atoms. The lowest BCUT2D eigenvalue weighted by molar-refractivity contribution is -0.119. The number of hydrogen-bond donors (Lipinski definition) is 0. The second-order valence-electron chi connectivity index (χ2n) is 9.03. The Kier molecular flexibility index (Phi) is 6.43. The normalized spacial score (nSPS) is 11.4. The van der Waals surface area contributed by atoms with E-state index in [4.69, 9.17) is 20.8 Å². The topological polar surface area (TPSA) is 90.5 Å². The summed E-state index contributed by atoms with van der Waals surface area (Å²) >= 11 is 6.25. The number of hydrogen-bond acceptors (Lipinski definition) is 6. The highest BCUT2D eigenvalue weighted by molar-refractivity contribution is 6.30. The molecule has 8 nitrogen and oxygen atoms in total. The lowest BCUT2D eigenvalue weighted by atomic mass is 10.0. The highest BCUT2D eigenvalue weighted by Crippen LogP contribution is 2.29. The van der Waals surface area contributed by atoms with Crippen molar-refractivity contribution in [2.75, 3.05) is 11.9 Å². The van der Waals surface area contributed by atoms with Crippen molar-refractivity contribution in [3.63, 3.8) is 0 Å². The molecule has 0 bridgehead atoms. The number of fused-ring (bicyclic) bond motifs is 2. The molecule has 0 radical (unpaired) electrons. The van der Waals surface area contributed by atoms with Gasteiger partial charge < -0.3 is 14.1 Å². The Labute approximate surface area is 218 Å². The SMILES string of the molecule is Cc1nc2ccc(N(C)C(=O)Cn3nc(-c4cccc(Cl)c4)c4ccc(OC(C)C)cc4c3=O)cc2o1. The maximum Gasteiger partial charge on any atom is 0.275 e. The molecule has 1 amide bonds. The predicted octanol–water partition coefficient (Wildman–Crippen LogP) is 5.62. The Morgan fingerprint density at radius 3 is 2.68 bits per heavy atom. The second kappa shape index (κ2) is 9.71. The molecule has 0 aliphatic carbocycles. The number of ether oxygens (including phenoxy) is 1. The van der Waals surface area contributed by atoms with Gasteiger partial charge in [-0.2, -0.15) is 5.10 Å². The molecule has 5 rings (SSSR count). The van der Waals surface area contributed by atoms with Crippen LogP contribution in [-0.4, -0.2) is 33.8 Å². The van der Waals surface area contributed by atoms with Crippen LogP contribution in [0, 0.1) is 6.92 Å². The molecule has 0 fully saturated rings. The number of oxazole rings is 1. The third-order valence-electron chi connectivity index (χ3n) is 5.93. The van der Waals surface area contributed by atoms with E-state index in [0.29, 0.717) is 49.9 Å². The summed E-state index contributed by atoms with van der Waals surface area (Å²) in [4.78, 5) is 32.6. The molecular weight excluding hydrogens is 492 g/mol. The van der Waals surface area contributed by atoms with Crippen LogP contribution in [0.3, 0.4) is 0 Å². The largest absolute Gasteiger partial charge is 0.491 e. The summed E-state index contributed by atoms with van der Waals surface area (Å²) in [5.41, 5.74) is 2.79. The Hall–Kier alpha value is -4.17. The third-order valence-corrected chi connectivity index (χ3v) is 6.16. The minimum Gasteiger partial charge on any atom is -0.491 e. The van der Waals surface area contributed by atoms with E-state index in [-0.39, 0.29) is 18.6 Å². The van der Waals surface area contributed by atoms with Crippen molar-refractivity contribution >= 4 is 45.1 Å². The summed E-state index contributed by atoms with van der Waals surface area (Å²) in [6.07, 6.45) is -0.0605. The average molecular weight is 517 g/mol. The summed E-state index contributed by atoms with van der Waals surface area (Å²) in [5, 5.41) is 6.19. The zero-order valence-electron chi connectivity index (χ0n) is 20.9. The smallest absolute Gasteiger partial charge is 0.275 e. The molecule has 0 aliphatic heterocycles. The van der Waals surface area contributed by atoms with Gasteiger partial charge in [-0.1, -0.05) is 23.7 Å². The van der Waals surface area contributed by atoms with Crippen LogP contribution in [0.2, 0.25) is 5.02 Å². The molecule has 0 atom stereocenters. The van der Waals surface area contributed by atoms with Crippen LogP contribution in [0.5, 0.6) is 5.75 Å². The van der Waals surface area contributed by atoms with E-state index in [2.05, 4.69) is 10.1 Å². The highest BCUT2D eigenvalue weighted by atomic mass is 35.5. The van der Waals surface area contributed by atoms with E-state index in [1.807, 2.05) is 38.1 Å². The van der Waals surface area contributed by atoms with Gasteiger partial charge in [-0.05, 0) is 56.3 Å². The summed E-state index contributed by atoms with van der Waals surface area (Å²) in [6.45, 7) is 5.33. The van der Waals surface area contributed by atoms with Crippen molar-refractivity contribution in [2.45, 2.75) is 33.4 Å². The molecule has 188 valence electrons. The van der Waals surface area contributed by atoms with E-state index in [1.54, 1.807) is 50.4 Å². The van der Waals surface area contributed by atoms with Gasteiger partial charge in [0, 0.05) is 41.7 Å². The van der Waals surface area contributed by atoms with Gasteiger partial charge >= 0.3 is 0 Å². The van der Waals surface area contributed by atoms with Gasteiger partial charge in [0.15, 0.2) is 11.5 Å². The lowest BCUT2D eigenvalue weighted by Gasteiger charge is -2.18. The van der Waals surface area contributed by atoms with Crippen molar-refractivity contribution in [3.05, 3.63) is 81.9 Å². The van der Waals surface area contributed by atoms with Gasteiger partial charge in [-0.3, -0.25) is 9.59 Å². The average Bonchev–Trinajstić information content (AvgIpc) is 3.24. The van der Waals surface area contributed by atoms with Gasteiger partial charge in [0.05, 0.1) is 17.2 Å². The van der Waals surface area contributed by atoms with Crippen LogP contribution in [-0.2, 0) is 11.3 Å². The maximum atomic E-state index is 13.5. The first-order valence-electron chi connectivity index (χ1n) is 11.8. The summed E-state index contributed by atoms with van der Waals surface area (Å²) in [5.74, 6) is 0.784. The number of benzene rings is 3. The zero-order valence-corrected chi connectivity index (χ0v) is 21.6. The first-order valence-corrected chi connectivity index (χ1v) is 12.2. The number of rotatable bonds is 6. The standard InChI is InChI=1S/C28H25ClN4O4/c1-16(2)36-21-9-10-22-23(14-21)28(35)33(31-27(22)18-6-5-7-19(29)12-18)15-26(34)32(4)20-8-11-24-25(13-20)37-17(3)30-24/h5-14,16H,15H2,1-4H3. The Bertz CT molecular complexity index is 1710. The molecule has 2 aromatic heterocycles. The van der Waals surface area contributed by atoms with Crippen LogP contribution >= 0.6 is 11.6 Å².